The second-order valence-corrected chi connectivity index (χ2v) is 11.3. The molecule has 10 heteroatoms. The van der Waals surface area contributed by atoms with E-state index in [1.54, 1.807) is 25.3 Å². The number of hydrogen-bond acceptors (Lipinski definition) is 7. The third-order valence-corrected chi connectivity index (χ3v) is 7.82. The Labute approximate surface area is 228 Å². The Bertz CT molecular complexity index is 1530. The van der Waals surface area contributed by atoms with Crippen LogP contribution in [0.1, 0.15) is 5.56 Å². The Morgan fingerprint density at radius 1 is 0.868 bits per heavy atom. The van der Waals surface area contributed by atoms with Crippen molar-refractivity contribution in [3.8, 4) is 17.2 Å². The van der Waals surface area contributed by atoms with Gasteiger partial charge < -0.3 is 19.1 Å². The van der Waals surface area contributed by atoms with Crippen LogP contribution >= 0.6 is 11.6 Å². The maximum Gasteiger partial charge on any atom is 0.265 e. The molecule has 0 fully saturated rings. The summed E-state index contributed by atoms with van der Waals surface area (Å²) in [5.41, 5.74) is 1.47. The van der Waals surface area contributed by atoms with Crippen LogP contribution in [0.15, 0.2) is 77.7 Å². The Hall–Kier alpha value is -3.53. The molecule has 0 aliphatic heterocycles. The van der Waals surface area contributed by atoms with Gasteiger partial charge in [-0.05, 0) is 62.1 Å². The van der Waals surface area contributed by atoms with Gasteiger partial charge in [0.2, 0.25) is 0 Å². The van der Waals surface area contributed by atoms with Gasteiger partial charge in [-0.15, -0.1) is 0 Å². The third kappa shape index (κ3) is 6.30. The summed E-state index contributed by atoms with van der Waals surface area (Å²) < 4.78 is 45.5. The summed E-state index contributed by atoms with van der Waals surface area (Å²) in [5.74, 6) is 1.71. The molecular weight excluding hydrogens is 526 g/mol. The van der Waals surface area contributed by atoms with E-state index in [-0.39, 0.29) is 17.3 Å². The monoisotopic (exact) mass is 555 g/mol. The van der Waals surface area contributed by atoms with E-state index in [1.807, 2.05) is 61.5 Å². The first-order valence-corrected chi connectivity index (χ1v) is 13.7. The number of rotatable bonds is 11. The fourth-order valence-electron chi connectivity index (χ4n) is 3.74. The number of para-hydroxylation sites is 1. The number of sulfonamides is 1. The van der Waals surface area contributed by atoms with E-state index in [1.165, 1.54) is 19.2 Å². The zero-order valence-electron chi connectivity index (χ0n) is 21.7. The normalized spacial score (nSPS) is 11.5. The van der Waals surface area contributed by atoms with Crippen LogP contribution in [0.25, 0.3) is 10.9 Å². The predicted molar refractivity (Wildman–Crippen MR) is 150 cm³/mol. The molecule has 3 aromatic carbocycles. The van der Waals surface area contributed by atoms with Crippen molar-refractivity contribution in [3.05, 3.63) is 83.4 Å². The number of ether oxygens (including phenoxy) is 3. The number of hydrogen-bond donors (Lipinski definition) is 0. The Morgan fingerprint density at radius 3 is 2.39 bits per heavy atom. The molecule has 0 saturated carbocycles. The van der Waals surface area contributed by atoms with E-state index in [9.17, 15) is 8.42 Å². The molecule has 0 spiro atoms. The van der Waals surface area contributed by atoms with E-state index >= 15 is 0 Å². The van der Waals surface area contributed by atoms with Gasteiger partial charge in [-0.1, -0.05) is 41.9 Å². The van der Waals surface area contributed by atoms with Crippen LogP contribution in [0.3, 0.4) is 0 Å². The summed E-state index contributed by atoms with van der Waals surface area (Å²) >= 11 is 6.07. The fraction of sp³-hybridized carbons (Fsp3) is 0.250. The molecule has 0 radical (unpaired) electrons. The summed E-state index contributed by atoms with van der Waals surface area (Å²) in [6.45, 7) is 1.41. The lowest BCUT2D eigenvalue weighted by molar-refractivity contribution is 0.249. The van der Waals surface area contributed by atoms with Crippen LogP contribution in [0, 0.1) is 0 Å². The number of fused-ring (bicyclic) bond motifs is 1. The Kier molecular flexibility index (Phi) is 8.61. The molecule has 4 aromatic rings. The van der Waals surface area contributed by atoms with Crippen molar-refractivity contribution >= 4 is 38.3 Å². The Morgan fingerprint density at radius 2 is 1.66 bits per heavy atom. The van der Waals surface area contributed by atoms with E-state index in [0.29, 0.717) is 34.4 Å². The average molecular weight is 556 g/mol. The van der Waals surface area contributed by atoms with Gasteiger partial charge in [-0.25, -0.2) is 17.7 Å². The lowest BCUT2D eigenvalue weighted by Crippen LogP contribution is -2.28. The molecule has 1 heterocycles. The van der Waals surface area contributed by atoms with Crippen molar-refractivity contribution in [2.24, 2.45) is 0 Å². The highest BCUT2D eigenvalue weighted by molar-refractivity contribution is 7.92. The summed E-state index contributed by atoms with van der Waals surface area (Å²) in [6.07, 6.45) is 0. The van der Waals surface area contributed by atoms with Crippen LogP contribution in [0.5, 0.6) is 17.2 Å². The summed E-state index contributed by atoms with van der Waals surface area (Å²) in [5, 5.41) is 1.15. The number of aromatic nitrogens is 1. The molecular formula is C28H30ClN3O5S. The molecule has 0 aliphatic carbocycles. The van der Waals surface area contributed by atoms with Crippen molar-refractivity contribution in [1.82, 2.24) is 9.88 Å². The molecule has 0 atom stereocenters. The average Bonchev–Trinajstić information content (AvgIpc) is 2.90. The highest BCUT2D eigenvalue weighted by Gasteiger charge is 2.26. The van der Waals surface area contributed by atoms with Crippen LogP contribution in [-0.4, -0.2) is 59.7 Å². The van der Waals surface area contributed by atoms with Crippen molar-refractivity contribution in [2.45, 2.75) is 11.5 Å². The van der Waals surface area contributed by atoms with Gasteiger partial charge in [-0.3, -0.25) is 0 Å². The molecule has 200 valence electrons. The van der Waals surface area contributed by atoms with Gasteiger partial charge in [0, 0.05) is 24.0 Å². The van der Waals surface area contributed by atoms with Crippen molar-refractivity contribution < 1.29 is 22.6 Å². The number of pyridine rings is 1. The van der Waals surface area contributed by atoms with Gasteiger partial charge in [0.15, 0.2) is 23.1 Å². The molecule has 0 N–H and O–H groups in total. The number of nitrogens with zero attached hydrogens (tertiary/aromatic N) is 3. The number of anilines is 1. The molecule has 0 aliphatic rings. The van der Waals surface area contributed by atoms with Gasteiger partial charge in [-0.2, -0.15) is 0 Å². The SMILES string of the molecule is COc1ccc(COc2cc3ccccc3nc2N(C)S(=O)(=O)c2cccc(Cl)c2)cc1OCCN(C)C. The van der Waals surface area contributed by atoms with Crippen LogP contribution in [0.4, 0.5) is 5.82 Å². The number of likely N-dealkylation sites (N-methyl/N-ethyl adjacent to an activating group) is 1. The molecule has 38 heavy (non-hydrogen) atoms. The second kappa shape index (κ2) is 11.9. The predicted octanol–water partition coefficient (Wildman–Crippen LogP) is 5.24. The van der Waals surface area contributed by atoms with Crippen molar-refractivity contribution in [1.29, 1.82) is 0 Å². The van der Waals surface area contributed by atoms with E-state index in [0.717, 1.165) is 21.8 Å². The van der Waals surface area contributed by atoms with Crippen LogP contribution in [0.2, 0.25) is 5.02 Å². The highest BCUT2D eigenvalue weighted by atomic mass is 35.5. The molecule has 0 bridgehead atoms. The molecule has 1 aromatic heterocycles. The second-order valence-electron chi connectivity index (χ2n) is 8.86. The zero-order chi connectivity index (χ0) is 27.3. The minimum atomic E-state index is -3.96. The van der Waals surface area contributed by atoms with E-state index < -0.39 is 10.0 Å². The van der Waals surface area contributed by atoms with Gasteiger partial charge in [0.25, 0.3) is 10.0 Å². The summed E-state index contributed by atoms with van der Waals surface area (Å²) in [6, 6.07) is 20.9. The maximum atomic E-state index is 13.4. The lowest BCUT2D eigenvalue weighted by Gasteiger charge is -2.22. The summed E-state index contributed by atoms with van der Waals surface area (Å²) in [7, 11) is 3.04. The fourth-order valence-corrected chi connectivity index (χ4v) is 5.20. The first-order valence-electron chi connectivity index (χ1n) is 11.9. The maximum absolute atomic E-state index is 13.4. The summed E-state index contributed by atoms with van der Waals surface area (Å²) in [4.78, 5) is 6.73. The van der Waals surface area contributed by atoms with Gasteiger partial charge in [0.05, 0.1) is 17.5 Å². The van der Waals surface area contributed by atoms with E-state index in [4.69, 9.17) is 25.8 Å². The minimum Gasteiger partial charge on any atom is -0.493 e. The highest BCUT2D eigenvalue weighted by Crippen LogP contribution is 2.34. The lowest BCUT2D eigenvalue weighted by atomic mass is 10.2. The smallest absolute Gasteiger partial charge is 0.265 e. The van der Waals surface area contributed by atoms with E-state index in [2.05, 4.69) is 4.98 Å². The minimum absolute atomic E-state index is 0.0584. The third-order valence-electron chi connectivity index (χ3n) is 5.84. The van der Waals surface area contributed by atoms with Crippen molar-refractivity contribution in [2.75, 3.05) is 45.7 Å². The van der Waals surface area contributed by atoms with Crippen LogP contribution < -0.4 is 18.5 Å². The molecule has 0 amide bonds. The first kappa shape index (κ1) is 27.5. The topological polar surface area (TPSA) is 81.2 Å². The van der Waals surface area contributed by atoms with Gasteiger partial charge in [0.1, 0.15) is 13.2 Å². The van der Waals surface area contributed by atoms with Crippen LogP contribution in [-0.2, 0) is 16.6 Å². The standard InChI is InChI=1S/C28H30ClN3O5S/c1-31(2)14-15-36-26-16-20(12-13-25(26)35-4)19-37-27-17-21-8-5-6-11-24(21)30-28(27)32(3)38(33,34)23-10-7-9-22(29)18-23/h5-13,16-18H,14-15,19H2,1-4H3. The number of methoxy groups -OCH3 is 1. The van der Waals surface area contributed by atoms with Gasteiger partial charge >= 0.3 is 0 Å². The number of halogens is 1. The molecule has 0 unspecified atom stereocenters. The quantitative estimate of drug-likeness (QED) is 0.250. The Balaban J connectivity index is 1.66. The molecule has 8 nitrogen and oxygen atoms in total. The van der Waals surface area contributed by atoms with Crippen molar-refractivity contribution in [3.63, 3.8) is 0 Å². The number of benzene rings is 3. The largest absolute Gasteiger partial charge is 0.493 e. The zero-order valence-corrected chi connectivity index (χ0v) is 23.3. The first-order chi connectivity index (χ1) is 18.2. The molecule has 4 rings (SSSR count). The molecule has 0 saturated heterocycles.